The molecule has 0 aliphatic heterocycles. The fraction of sp³-hybridized carbons (Fsp3) is 0. The van der Waals surface area contributed by atoms with Crippen molar-refractivity contribution in [2.45, 2.75) is 4.90 Å². The molecule has 0 aliphatic carbocycles. The van der Waals surface area contributed by atoms with E-state index in [1.54, 1.807) is 42.5 Å². The molecular weight excluding hydrogens is 346 g/mol. The second kappa shape index (κ2) is 6.90. The van der Waals surface area contributed by atoms with Gasteiger partial charge in [-0.3, -0.25) is 4.72 Å². The first-order valence-corrected chi connectivity index (χ1v) is 8.95. The predicted molar refractivity (Wildman–Crippen MR) is 96.2 cm³/mol. The molecular formula is C17H14ClN3O2S. The monoisotopic (exact) mass is 359 g/mol. The van der Waals surface area contributed by atoms with Crippen LogP contribution in [0.4, 0.5) is 17.2 Å². The van der Waals surface area contributed by atoms with Crippen molar-refractivity contribution in [1.82, 2.24) is 4.98 Å². The maximum absolute atomic E-state index is 12.2. The summed E-state index contributed by atoms with van der Waals surface area (Å²) in [5.41, 5.74) is 1.18. The number of rotatable bonds is 5. The van der Waals surface area contributed by atoms with Crippen molar-refractivity contribution in [2.75, 3.05) is 10.0 Å². The number of pyridine rings is 1. The topological polar surface area (TPSA) is 71.1 Å². The van der Waals surface area contributed by atoms with Gasteiger partial charge in [-0.1, -0.05) is 35.9 Å². The molecule has 0 saturated carbocycles. The van der Waals surface area contributed by atoms with Gasteiger partial charge in [-0.2, -0.15) is 0 Å². The van der Waals surface area contributed by atoms with E-state index in [0.717, 1.165) is 5.69 Å². The molecule has 0 radical (unpaired) electrons. The molecule has 24 heavy (non-hydrogen) atoms. The second-order valence-corrected chi connectivity index (χ2v) is 7.10. The number of hydrogen-bond donors (Lipinski definition) is 2. The van der Waals surface area contributed by atoms with Gasteiger partial charge in [-0.15, -0.1) is 0 Å². The van der Waals surface area contributed by atoms with E-state index in [4.69, 9.17) is 11.6 Å². The van der Waals surface area contributed by atoms with Crippen molar-refractivity contribution in [3.63, 3.8) is 0 Å². The third-order valence-corrected chi connectivity index (χ3v) is 4.80. The van der Waals surface area contributed by atoms with Gasteiger partial charge in [0.2, 0.25) is 0 Å². The van der Waals surface area contributed by atoms with Crippen LogP contribution in [0.25, 0.3) is 0 Å². The van der Waals surface area contributed by atoms with Crippen LogP contribution in [0.3, 0.4) is 0 Å². The molecule has 0 amide bonds. The first-order valence-electron chi connectivity index (χ1n) is 7.09. The molecule has 122 valence electrons. The summed E-state index contributed by atoms with van der Waals surface area (Å²) in [7, 11) is -3.62. The Hall–Kier alpha value is -2.57. The summed E-state index contributed by atoms with van der Waals surface area (Å²) >= 11 is 5.93. The molecule has 2 aromatic carbocycles. The highest BCUT2D eigenvalue weighted by Gasteiger charge is 2.13. The minimum atomic E-state index is -3.62. The number of anilines is 3. The Kier molecular flexibility index (Phi) is 4.69. The largest absolute Gasteiger partial charge is 0.340 e. The third kappa shape index (κ3) is 4.04. The summed E-state index contributed by atoms with van der Waals surface area (Å²) in [5.74, 6) is 0.583. The Bertz CT molecular complexity index is 930. The van der Waals surface area contributed by atoms with Crippen LogP contribution >= 0.6 is 11.6 Å². The molecule has 1 aromatic heterocycles. The zero-order valence-electron chi connectivity index (χ0n) is 12.5. The SMILES string of the molecule is O=S(=O)(Nc1ccc(Nc2cccc(Cl)c2)nc1)c1ccccc1. The normalized spacial score (nSPS) is 11.0. The van der Waals surface area contributed by atoms with E-state index in [0.29, 0.717) is 16.5 Å². The number of aromatic nitrogens is 1. The molecule has 0 atom stereocenters. The van der Waals surface area contributed by atoms with Gasteiger partial charge >= 0.3 is 0 Å². The second-order valence-electron chi connectivity index (χ2n) is 4.99. The van der Waals surface area contributed by atoms with Crippen LogP contribution in [0.1, 0.15) is 0 Å². The molecule has 0 bridgehead atoms. The van der Waals surface area contributed by atoms with Crippen LogP contribution in [-0.4, -0.2) is 13.4 Å². The molecule has 0 unspecified atom stereocenters. The van der Waals surface area contributed by atoms with Gasteiger partial charge in [0.15, 0.2) is 0 Å². The standard InChI is InChI=1S/C17H14ClN3O2S/c18-13-5-4-6-14(11-13)20-17-10-9-15(12-19-17)21-24(22,23)16-7-2-1-3-8-16/h1-12,21H,(H,19,20). The maximum Gasteiger partial charge on any atom is 0.261 e. The summed E-state index contributed by atoms with van der Waals surface area (Å²) < 4.78 is 27.0. The smallest absolute Gasteiger partial charge is 0.261 e. The van der Waals surface area contributed by atoms with Crippen LogP contribution in [-0.2, 0) is 10.0 Å². The lowest BCUT2D eigenvalue weighted by atomic mass is 10.3. The van der Waals surface area contributed by atoms with E-state index in [2.05, 4.69) is 15.0 Å². The Morgan fingerprint density at radius 3 is 2.33 bits per heavy atom. The van der Waals surface area contributed by atoms with Crippen molar-refractivity contribution in [2.24, 2.45) is 0 Å². The summed E-state index contributed by atoms with van der Waals surface area (Å²) in [6.07, 6.45) is 1.45. The average Bonchev–Trinajstić information content (AvgIpc) is 2.57. The Labute approximate surface area is 145 Å². The van der Waals surface area contributed by atoms with Gasteiger partial charge in [0.05, 0.1) is 16.8 Å². The van der Waals surface area contributed by atoms with Gasteiger partial charge in [-0.05, 0) is 42.5 Å². The highest BCUT2D eigenvalue weighted by Crippen LogP contribution is 2.20. The molecule has 2 N–H and O–H groups in total. The Balaban J connectivity index is 1.73. The summed E-state index contributed by atoms with van der Waals surface area (Å²) in [5, 5.41) is 3.71. The molecule has 5 nitrogen and oxygen atoms in total. The number of nitrogens with one attached hydrogen (secondary N) is 2. The lowest BCUT2D eigenvalue weighted by Crippen LogP contribution is -2.13. The third-order valence-electron chi connectivity index (χ3n) is 3.17. The number of benzene rings is 2. The van der Waals surface area contributed by atoms with Crippen molar-refractivity contribution in [1.29, 1.82) is 0 Å². The number of sulfonamides is 1. The highest BCUT2D eigenvalue weighted by molar-refractivity contribution is 7.92. The number of halogens is 1. The lowest BCUT2D eigenvalue weighted by molar-refractivity contribution is 0.601. The Morgan fingerprint density at radius 1 is 0.875 bits per heavy atom. The first-order chi connectivity index (χ1) is 11.5. The van der Waals surface area contributed by atoms with Gasteiger partial charge in [0.1, 0.15) is 5.82 Å². The van der Waals surface area contributed by atoms with Crippen molar-refractivity contribution >= 4 is 38.8 Å². The van der Waals surface area contributed by atoms with Crippen LogP contribution in [0, 0.1) is 0 Å². The predicted octanol–water partition coefficient (Wildman–Crippen LogP) is 4.28. The average molecular weight is 360 g/mol. The van der Waals surface area contributed by atoms with E-state index >= 15 is 0 Å². The molecule has 0 saturated heterocycles. The summed E-state index contributed by atoms with van der Waals surface area (Å²) in [6.45, 7) is 0. The zero-order valence-corrected chi connectivity index (χ0v) is 14.1. The van der Waals surface area contributed by atoms with Gasteiger partial charge in [-0.25, -0.2) is 13.4 Å². The van der Waals surface area contributed by atoms with E-state index in [1.807, 2.05) is 12.1 Å². The molecule has 0 aliphatic rings. The lowest BCUT2D eigenvalue weighted by Gasteiger charge is -2.09. The fourth-order valence-corrected chi connectivity index (χ4v) is 3.31. The minimum absolute atomic E-state index is 0.200. The molecule has 3 aromatic rings. The Morgan fingerprint density at radius 2 is 1.67 bits per heavy atom. The van der Waals surface area contributed by atoms with Gasteiger partial charge in [0, 0.05) is 10.7 Å². The highest BCUT2D eigenvalue weighted by atomic mass is 35.5. The van der Waals surface area contributed by atoms with Crippen LogP contribution in [0.15, 0.2) is 77.8 Å². The van der Waals surface area contributed by atoms with E-state index in [-0.39, 0.29) is 4.90 Å². The first kappa shape index (κ1) is 16.3. The number of hydrogen-bond acceptors (Lipinski definition) is 4. The van der Waals surface area contributed by atoms with E-state index < -0.39 is 10.0 Å². The van der Waals surface area contributed by atoms with Crippen LogP contribution in [0.2, 0.25) is 5.02 Å². The van der Waals surface area contributed by atoms with E-state index in [1.165, 1.54) is 18.3 Å². The fourth-order valence-electron chi connectivity index (χ4n) is 2.06. The maximum atomic E-state index is 12.2. The van der Waals surface area contributed by atoms with Crippen LogP contribution in [0.5, 0.6) is 0 Å². The molecule has 1 heterocycles. The molecule has 3 rings (SSSR count). The number of nitrogens with zero attached hydrogens (tertiary/aromatic N) is 1. The van der Waals surface area contributed by atoms with Crippen molar-refractivity contribution in [3.8, 4) is 0 Å². The summed E-state index contributed by atoms with van der Waals surface area (Å²) in [4.78, 5) is 4.40. The molecule has 0 spiro atoms. The molecule has 7 heteroatoms. The van der Waals surface area contributed by atoms with Crippen LogP contribution < -0.4 is 10.0 Å². The quantitative estimate of drug-likeness (QED) is 0.713. The molecule has 0 fully saturated rings. The van der Waals surface area contributed by atoms with Crippen molar-refractivity contribution in [3.05, 3.63) is 77.9 Å². The van der Waals surface area contributed by atoms with Crippen molar-refractivity contribution < 1.29 is 8.42 Å². The summed E-state index contributed by atoms with van der Waals surface area (Å²) in [6, 6.07) is 18.7. The van der Waals surface area contributed by atoms with Gasteiger partial charge in [0.25, 0.3) is 10.0 Å². The minimum Gasteiger partial charge on any atom is -0.340 e. The zero-order chi connectivity index (χ0) is 17.0. The van der Waals surface area contributed by atoms with E-state index in [9.17, 15) is 8.42 Å². The van der Waals surface area contributed by atoms with Gasteiger partial charge < -0.3 is 5.32 Å².